The Labute approximate surface area is 102 Å². The Balaban J connectivity index is 4.29. The average molecular weight is 261 g/mol. The second-order valence-electron chi connectivity index (χ2n) is 3.68. The number of carboxylic acid groups (broad SMARTS) is 2. The number of nitrogens with two attached hydrogens (primary N) is 1. The quantitative estimate of drug-likeness (QED) is 0.374. The van der Waals surface area contributed by atoms with E-state index in [0.29, 0.717) is 0 Å². The minimum Gasteiger partial charge on any atom is -0.481 e. The van der Waals surface area contributed by atoms with Crippen LogP contribution >= 0.6 is 0 Å². The third kappa shape index (κ3) is 7.04. The second-order valence-corrected chi connectivity index (χ2v) is 3.68. The maximum atomic E-state index is 11.3. The van der Waals surface area contributed by atoms with E-state index in [1.54, 1.807) is 0 Å². The van der Waals surface area contributed by atoms with Crippen LogP contribution < -0.4 is 16.4 Å². The topological polar surface area (TPSA) is 159 Å². The number of primary amides is 1. The largest absolute Gasteiger partial charge is 0.481 e. The molecule has 0 saturated heterocycles. The summed E-state index contributed by atoms with van der Waals surface area (Å²) in [6.07, 6.45) is -0.850. The summed E-state index contributed by atoms with van der Waals surface area (Å²) in [6, 6.07) is -3.00. The molecule has 0 fully saturated rings. The Bertz CT molecular complexity index is 356. The van der Waals surface area contributed by atoms with E-state index in [-0.39, 0.29) is 6.42 Å². The zero-order valence-electron chi connectivity index (χ0n) is 9.67. The molecule has 0 aliphatic carbocycles. The maximum Gasteiger partial charge on any atom is 0.326 e. The van der Waals surface area contributed by atoms with Crippen molar-refractivity contribution in [2.24, 2.45) is 5.73 Å². The maximum absolute atomic E-state index is 11.3. The van der Waals surface area contributed by atoms with Gasteiger partial charge in [0.15, 0.2) is 0 Å². The average Bonchev–Trinajstić information content (AvgIpc) is 2.13. The van der Waals surface area contributed by atoms with Crippen LogP contribution in [0.4, 0.5) is 4.79 Å². The Kier molecular flexibility index (Phi) is 6.18. The molecule has 0 aliphatic heterocycles. The highest BCUT2D eigenvalue weighted by Gasteiger charge is 2.23. The Hall–Kier alpha value is -2.32. The molecule has 3 amide bonds. The van der Waals surface area contributed by atoms with E-state index in [1.807, 2.05) is 5.32 Å². The predicted molar refractivity (Wildman–Crippen MR) is 58.6 cm³/mol. The van der Waals surface area contributed by atoms with Crippen molar-refractivity contribution in [2.75, 3.05) is 0 Å². The fourth-order valence-corrected chi connectivity index (χ4v) is 1.15. The van der Waals surface area contributed by atoms with E-state index in [1.165, 1.54) is 6.92 Å². The molecule has 9 nitrogen and oxygen atoms in total. The molecule has 9 heteroatoms. The van der Waals surface area contributed by atoms with Crippen LogP contribution in [0, 0.1) is 0 Å². The molecule has 18 heavy (non-hydrogen) atoms. The first-order chi connectivity index (χ1) is 8.22. The summed E-state index contributed by atoms with van der Waals surface area (Å²) in [7, 11) is 0. The third-order valence-corrected chi connectivity index (χ3v) is 1.87. The van der Waals surface area contributed by atoms with E-state index in [2.05, 4.69) is 5.32 Å². The van der Waals surface area contributed by atoms with Crippen molar-refractivity contribution in [1.29, 1.82) is 0 Å². The van der Waals surface area contributed by atoms with Crippen LogP contribution in [-0.2, 0) is 14.4 Å². The van der Waals surface area contributed by atoms with Gasteiger partial charge in [0.2, 0.25) is 5.91 Å². The molecule has 102 valence electrons. The SMILES string of the molecule is CC(CC(N)=O)NC(=O)N[C@H](CC(=O)O)C(=O)O. The fourth-order valence-electron chi connectivity index (χ4n) is 1.15. The van der Waals surface area contributed by atoms with Gasteiger partial charge in [0.1, 0.15) is 6.04 Å². The first-order valence-corrected chi connectivity index (χ1v) is 5.02. The molecular formula is C9H15N3O6. The number of carboxylic acids is 2. The van der Waals surface area contributed by atoms with Crippen molar-refractivity contribution in [1.82, 2.24) is 10.6 Å². The number of amides is 3. The van der Waals surface area contributed by atoms with Crippen LogP contribution in [0.1, 0.15) is 19.8 Å². The van der Waals surface area contributed by atoms with Crippen LogP contribution in [0.3, 0.4) is 0 Å². The molecule has 0 radical (unpaired) electrons. The standard InChI is InChI=1S/C9H15N3O6/c1-4(2-6(10)13)11-9(18)12-5(8(16)17)3-7(14)15/h4-5H,2-3H2,1H3,(H2,10,13)(H,14,15)(H,16,17)(H2,11,12,18)/t4?,5-/m1/s1. The molecule has 0 aromatic carbocycles. The first kappa shape index (κ1) is 15.7. The molecule has 0 bridgehead atoms. The number of hydrogen-bond acceptors (Lipinski definition) is 4. The van der Waals surface area contributed by atoms with E-state index in [4.69, 9.17) is 15.9 Å². The molecular weight excluding hydrogens is 246 g/mol. The lowest BCUT2D eigenvalue weighted by Gasteiger charge is -2.16. The number of nitrogens with one attached hydrogen (secondary N) is 2. The van der Waals surface area contributed by atoms with Gasteiger partial charge in [0.05, 0.1) is 6.42 Å². The molecule has 0 aromatic heterocycles. The summed E-state index contributed by atoms with van der Waals surface area (Å²) < 4.78 is 0. The number of carbonyl (C=O) groups excluding carboxylic acids is 2. The van der Waals surface area contributed by atoms with Gasteiger partial charge in [-0.15, -0.1) is 0 Å². The summed E-state index contributed by atoms with van der Waals surface area (Å²) in [6.45, 7) is 1.50. The smallest absolute Gasteiger partial charge is 0.326 e. The lowest BCUT2D eigenvalue weighted by atomic mass is 10.2. The number of urea groups is 1. The molecule has 0 rings (SSSR count). The van der Waals surface area contributed by atoms with Crippen LogP contribution in [0.2, 0.25) is 0 Å². The lowest BCUT2D eigenvalue weighted by molar-refractivity contribution is -0.145. The van der Waals surface area contributed by atoms with Crippen molar-refractivity contribution in [3.8, 4) is 0 Å². The van der Waals surface area contributed by atoms with Gasteiger partial charge in [-0.05, 0) is 6.92 Å². The monoisotopic (exact) mass is 261 g/mol. The van der Waals surface area contributed by atoms with Gasteiger partial charge >= 0.3 is 18.0 Å². The van der Waals surface area contributed by atoms with Gasteiger partial charge in [0.25, 0.3) is 0 Å². The molecule has 2 atom stereocenters. The van der Waals surface area contributed by atoms with E-state index in [0.717, 1.165) is 0 Å². The molecule has 0 aromatic rings. The van der Waals surface area contributed by atoms with Crippen LogP contribution in [-0.4, -0.2) is 46.2 Å². The van der Waals surface area contributed by atoms with Gasteiger partial charge in [-0.2, -0.15) is 0 Å². The summed E-state index contributed by atoms with van der Waals surface area (Å²) in [5.41, 5.74) is 4.90. The number of hydrogen-bond donors (Lipinski definition) is 5. The minimum absolute atomic E-state index is 0.107. The summed E-state index contributed by atoms with van der Waals surface area (Å²) in [5.74, 6) is -3.44. The number of carbonyl (C=O) groups is 4. The van der Waals surface area contributed by atoms with Gasteiger partial charge in [-0.1, -0.05) is 0 Å². The summed E-state index contributed by atoms with van der Waals surface area (Å²) in [5, 5.41) is 21.4. The minimum atomic E-state index is -1.54. The van der Waals surface area contributed by atoms with Crippen molar-refractivity contribution < 1.29 is 29.4 Å². The predicted octanol–water partition coefficient (Wildman–Crippen LogP) is -1.52. The number of aliphatic carboxylic acids is 2. The van der Waals surface area contributed by atoms with Crippen LogP contribution in [0.5, 0.6) is 0 Å². The van der Waals surface area contributed by atoms with Crippen molar-refractivity contribution in [3.63, 3.8) is 0 Å². The van der Waals surface area contributed by atoms with Gasteiger partial charge in [-0.3, -0.25) is 9.59 Å². The van der Waals surface area contributed by atoms with Crippen molar-refractivity contribution in [2.45, 2.75) is 31.8 Å². The Morgan fingerprint density at radius 3 is 2.06 bits per heavy atom. The molecule has 1 unspecified atom stereocenters. The normalized spacial score (nSPS) is 13.2. The van der Waals surface area contributed by atoms with Gasteiger partial charge in [0, 0.05) is 12.5 Å². The highest BCUT2D eigenvalue weighted by Crippen LogP contribution is 1.94. The summed E-state index contributed by atoms with van der Waals surface area (Å²) in [4.78, 5) is 42.9. The van der Waals surface area contributed by atoms with Crippen molar-refractivity contribution >= 4 is 23.9 Å². The van der Waals surface area contributed by atoms with Crippen LogP contribution in [0.15, 0.2) is 0 Å². The molecule has 0 spiro atoms. The Morgan fingerprint density at radius 1 is 1.11 bits per heavy atom. The van der Waals surface area contributed by atoms with Gasteiger partial charge in [-0.25, -0.2) is 9.59 Å². The lowest BCUT2D eigenvalue weighted by Crippen LogP contribution is -2.49. The zero-order valence-corrected chi connectivity index (χ0v) is 9.67. The van der Waals surface area contributed by atoms with E-state index in [9.17, 15) is 19.2 Å². The molecule has 0 saturated carbocycles. The van der Waals surface area contributed by atoms with Gasteiger partial charge < -0.3 is 26.6 Å². The van der Waals surface area contributed by atoms with E-state index >= 15 is 0 Å². The van der Waals surface area contributed by atoms with Crippen LogP contribution in [0.25, 0.3) is 0 Å². The highest BCUT2D eigenvalue weighted by molar-refractivity contribution is 5.86. The second kappa shape index (κ2) is 7.09. The first-order valence-electron chi connectivity index (χ1n) is 5.02. The molecule has 6 N–H and O–H groups in total. The molecule has 0 heterocycles. The summed E-state index contributed by atoms with van der Waals surface area (Å²) >= 11 is 0. The Morgan fingerprint density at radius 2 is 1.67 bits per heavy atom. The zero-order chi connectivity index (χ0) is 14.3. The van der Waals surface area contributed by atoms with E-state index < -0.39 is 42.4 Å². The third-order valence-electron chi connectivity index (χ3n) is 1.87. The number of rotatable bonds is 7. The van der Waals surface area contributed by atoms with Crippen molar-refractivity contribution in [3.05, 3.63) is 0 Å². The highest BCUT2D eigenvalue weighted by atomic mass is 16.4. The molecule has 0 aliphatic rings. The fraction of sp³-hybridized carbons (Fsp3) is 0.556.